The molecule has 1 amide bonds. The number of aryl methyl sites for hydroxylation is 1. The van der Waals surface area contributed by atoms with Crippen molar-refractivity contribution in [2.24, 2.45) is 4.99 Å². The second kappa shape index (κ2) is 14.6. The summed E-state index contributed by atoms with van der Waals surface area (Å²) in [6, 6.07) is 13.8. The summed E-state index contributed by atoms with van der Waals surface area (Å²) in [5.41, 5.74) is 2.13. The number of amides is 1. The van der Waals surface area contributed by atoms with Crippen LogP contribution in [0.4, 0.5) is 0 Å². The van der Waals surface area contributed by atoms with Crippen molar-refractivity contribution in [2.75, 3.05) is 33.2 Å². The van der Waals surface area contributed by atoms with Crippen LogP contribution in [-0.4, -0.2) is 61.1 Å². The Bertz CT molecular complexity index is 817. The maximum absolute atomic E-state index is 12.4. The average Bonchev–Trinajstić information content (AvgIpc) is 2.74. The zero-order chi connectivity index (χ0) is 21.8. The largest absolute Gasteiger partial charge is 0.489 e. The second-order valence-electron chi connectivity index (χ2n) is 7.21. The number of nitrogens with one attached hydrogen (secondary N) is 2. The summed E-state index contributed by atoms with van der Waals surface area (Å²) in [4.78, 5) is 22.8. The molecule has 1 aromatic carbocycles. The van der Waals surface area contributed by atoms with Gasteiger partial charge in [0.2, 0.25) is 5.91 Å². The summed E-state index contributed by atoms with van der Waals surface area (Å²) < 4.78 is 5.94. The minimum Gasteiger partial charge on any atom is -0.489 e. The van der Waals surface area contributed by atoms with Gasteiger partial charge in [-0.1, -0.05) is 18.2 Å². The predicted octanol–water partition coefficient (Wildman–Crippen LogP) is 3.03. The molecule has 7 nitrogen and oxygen atoms in total. The molecule has 2 rings (SSSR count). The molecule has 8 heteroatoms. The molecule has 31 heavy (non-hydrogen) atoms. The fraction of sp³-hybridized carbons (Fsp3) is 0.435. The standard InChI is InChI=1S/C23H33N5O2.HI/c1-5-24-23(26-16-19(3)30-21-11-8-9-18(2)15-21)27-17-22(29)28(4)14-12-20-10-6-7-13-25-20;/h6-11,13,15,19H,5,12,14,16-17H2,1-4H3,(H2,24,26,27);1H. The van der Waals surface area contributed by atoms with Gasteiger partial charge < -0.3 is 20.3 Å². The van der Waals surface area contributed by atoms with E-state index in [0.717, 1.165) is 23.4 Å². The Kier molecular flexibility index (Phi) is 12.6. The maximum atomic E-state index is 12.4. The minimum atomic E-state index is -0.0487. The van der Waals surface area contributed by atoms with Crippen LogP contribution in [0.2, 0.25) is 0 Å². The number of benzene rings is 1. The maximum Gasteiger partial charge on any atom is 0.244 e. The van der Waals surface area contributed by atoms with Crippen molar-refractivity contribution in [3.05, 3.63) is 59.9 Å². The van der Waals surface area contributed by atoms with Gasteiger partial charge in [-0.2, -0.15) is 0 Å². The van der Waals surface area contributed by atoms with Crippen LogP contribution in [0.5, 0.6) is 5.75 Å². The van der Waals surface area contributed by atoms with Crippen LogP contribution in [0.15, 0.2) is 53.7 Å². The lowest BCUT2D eigenvalue weighted by Gasteiger charge is -2.19. The molecule has 0 spiro atoms. The van der Waals surface area contributed by atoms with E-state index in [4.69, 9.17) is 4.74 Å². The number of hydrogen-bond donors (Lipinski definition) is 2. The SMILES string of the molecule is CCNC(=NCC(=O)N(C)CCc1ccccn1)NCC(C)Oc1cccc(C)c1.I. The number of ether oxygens (including phenoxy) is 1. The Morgan fingerprint density at radius 1 is 1.23 bits per heavy atom. The van der Waals surface area contributed by atoms with Crippen molar-refractivity contribution in [2.45, 2.75) is 33.3 Å². The number of halogens is 1. The number of likely N-dealkylation sites (N-methyl/N-ethyl adjacent to an activating group) is 1. The molecule has 0 bridgehead atoms. The van der Waals surface area contributed by atoms with Gasteiger partial charge >= 0.3 is 0 Å². The number of guanidine groups is 1. The van der Waals surface area contributed by atoms with Gasteiger partial charge in [0.25, 0.3) is 0 Å². The lowest BCUT2D eigenvalue weighted by Crippen LogP contribution is -2.42. The predicted molar refractivity (Wildman–Crippen MR) is 136 cm³/mol. The van der Waals surface area contributed by atoms with Crippen LogP contribution < -0.4 is 15.4 Å². The Balaban J connectivity index is 0.00000480. The highest BCUT2D eigenvalue weighted by Crippen LogP contribution is 2.13. The molecular weight excluding hydrogens is 505 g/mol. The van der Waals surface area contributed by atoms with Crippen molar-refractivity contribution >= 4 is 35.8 Å². The van der Waals surface area contributed by atoms with Gasteiger partial charge in [0.15, 0.2) is 5.96 Å². The van der Waals surface area contributed by atoms with Gasteiger partial charge in [-0.25, -0.2) is 4.99 Å². The minimum absolute atomic E-state index is 0. The van der Waals surface area contributed by atoms with E-state index in [2.05, 4.69) is 20.6 Å². The monoisotopic (exact) mass is 539 g/mol. The number of rotatable bonds is 10. The molecule has 0 radical (unpaired) electrons. The van der Waals surface area contributed by atoms with Crippen LogP contribution in [0.1, 0.15) is 25.1 Å². The number of pyridine rings is 1. The molecule has 170 valence electrons. The van der Waals surface area contributed by atoms with Gasteiger partial charge in [-0.15, -0.1) is 24.0 Å². The molecule has 1 atom stereocenters. The molecule has 0 aliphatic rings. The molecule has 0 aliphatic carbocycles. The molecule has 0 saturated carbocycles. The van der Waals surface area contributed by atoms with Crippen LogP contribution in [0.25, 0.3) is 0 Å². The van der Waals surface area contributed by atoms with E-state index in [1.807, 2.05) is 63.2 Å². The first kappa shape index (κ1) is 26.7. The summed E-state index contributed by atoms with van der Waals surface area (Å²) in [6.07, 6.45) is 2.44. The number of hydrogen-bond acceptors (Lipinski definition) is 4. The lowest BCUT2D eigenvalue weighted by molar-refractivity contribution is -0.128. The van der Waals surface area contributed by atoms with Gasteiger partial charge in [0.05, 0.1) is 6.54 Å². The first-order chi connectivity index (χ1) is 14.5. The first-order valence-corrected chi connectivity index (χ1v) is 10.4. The molecule has 0 fully saturated rings. The van der Waals surface area contributed by atoms with Crippen LogP contribution >= 0.6 is 24.0 Å². The number of aromatic nitrogens is 1. The highest BCUT2D eigenvalue weighted by atomic mass is 127. The zero-order valence-corrected chi connectivity index (χ0v) is 21.1. The fourth-order valence-electron chi connectivity index (χ4n) is 2.77. The quantitative estimate of drug-likeness (QED) is 0.276. The van der Waals surface area contributed by atoms with Gasteiger partial charge in [0.1, 0.15) is 18.4 Å². The van der Waals surface area contributed by atoms with Gasteiger partial charge in [0, 0.05) is 38.4 Å². The number of carbonyl (C=O) groups excluding carboxylic acids is 1. The highest BCUT2D eigenvalue weighted by Gasteiger charge is 2.10. The van der Waals surface area contributed by atoms with E-state index < -0.39 is 0 Å². The third-order valence-corrected chi connectivity index (χ3v) is 4.46. The summed E-state index contributed by atoms with van der Waals surface area (Å²) >= 11 is 0. The van der Waals surface area contributed by atoms with Crippen molar-refractivity contribution in [1.29, 1.82) is 0 Å². The molecule has 1 unspecified atom stereocenters. The van der Waals surface area contributed by atoms with E-state index in [9.17, 15) is 4.79 Å². The summed E-state index contributed by atoms with van der Waals surface area (Å²) in [5.74, 6) is 1.41. The molecule has 2 N–H and O–H groups in total. The lowest BCUT2D eigenvalue weighted by atomic mass is 10.2. The van der Waals surface area contributed by atoms with E-state index in [-0.39, 0.29) is 42.5 Å². The number of aliphatic imine (C=N–C) groups is 1. The van der Waals surface area contributed by atoms with Crippen molar-refractivity contribution in [1.82, 2.24) is 20.5 Å². The highest BCUT2D eigenvalue weighted by molar-refractivity contribution is 14.0. The van der Waals surface area contributed by atoms with E-state index in [0.29, 0.717) is 25.6 Å². The third-order valence-electron chi connectivity index (χ3n) is 4.46. The van der Waals surface area contributed by atoms with Crippen molar-refractivity contribution in [3.63, 3.8) is 0 Å². The Morgan fingerprint density at radius 3 is 2.71 bits per heavy atom. The van der Waals surface area contributed by atoms with Crippen LogP contribution in [0.3, 0.4) is 0 Å². The topological polar surface area (TPSA) is 78.9 Å². The molecule has 0 saturated heterocycles. The van der Waals surface area contributed by atoms with E-state index in [1.54, 1.807) is 18.1 Å². The molecule has 2 aromatic rings. The Hall–Kier alpha value is -2.36. The summed E-state index contributed by atoms with van der Waals surface area (Å²) in [7, 11) is 1.79. The van der Waals surface area contributed by atoms with Gasteiger partial charge in [-0.05, 0) is 50.6 Å². The van der Waals surface area contributed by atoms with Gasteiger partial charge in [-0.3, -0.25) is 9.78 Å². The Labute approximate surface area is 202 Å². The normalized spacial score (nSPS) is 11.8. The number of carbonyl (C=O) groups is 1. The molecule has 1 heterocycles. The van der Waals surface area contributed by atoms with Crippen LogP contribution in [-0.2, 0) is 11.2 Å². The number of nitrogens with zero attached hydrogens (tertiary/aromatic N) is 3. The zero-order valence-electron chi connectivity index (χ0n) is 18.8. The van der Waals surface area contributed by atoms with Crippen LogP contribution in [0, 0.1) is 6.92 Å². The summed E-state index contributed by atoms with van der Waals surface area (Å²) in [6.45, 7) is 8.00. The first-order valence-electron chi connectivity index (χ1n) is 10.4. The van der Waals surface area contributed by atoms with E-state index in [1.165, 1.54) is 0 Å². The summed E-state index contributed by atoms with van der Waals surface area (Å²) in [5, 5.41) is 6.41. The Morgan fingerprint density at radius 2 is 2.03 bits per heavy atom. The van der Waals surface area contributed by atoms with E-state index >= 15 is 0 Å². The second-order valence-corrected chi connectivity index (χ2v) is 7.21. The third kappa shape index (κ3) is 10.5. The smallest absolute Gasteiger partial charge is 0.244 e. The fourth-order valence-corrected chi connectivity index (χ4v) is 2.77. The molecule has 1 aromatic heterocycles. The van der Waals surface area contributed by atoms with Crippen molar-refractivity contribution < 1.29 is 9.53 Å². The average molecular weight is 539 g/mol. The van der Waals surface area contributed by atoms with Crippen molar-refractivity contribution in [3.8, 4) is 5.75 Å². The molecule has 0 aliphatic heterocycles. The molecular formula is C23H34IN5O2.